The Balaban J connectivity index is 1.86. The van der Waals surface area contributed by atoms with E-state index in [4.69, 9.17) is 4.74 Å². The van der Waals surface area contributed by atoms with Crippen molar-refractivity contribution in [2.75, 3.05) is 26.7 Å². The number of ether oxygens (including phenoxy) is 1. The van der Waals surface area contributed by atoms with Crippen LogP contribution in [0, 0.1) is 11.7 Å². The minimum Gasteiger partial charge on any atom is -0.496 e. The lowest BCUT2D eigenvalue weighted by molar-refractivity contribution is 0.404. The highest BCUT2D eigenvalue weighted by atomic mass is 19.1. The minimum atomic E-state index is -0.217. The van der Waals surface area contributed by atoms with E-state index in [1.54, 1.807) is 13.2 Å². The first-order valence-electron chi connectivity index (χ1n) is 6.03. The number of hydrogen-bond acceptors (Lipinski definition) is 3. The minimum absolute atomic E-state index is 0.217. The summed E-state index contributed by atoms with van der Waals surface area (Å²) in [5, 5.41) is 6.69. The third-order valence-electron chi connectivity index (χ3n) is 3.15. The molecule has 1 saturated heterocycles. The fourth-order valence-corrected chi connectivity index (χ4v) is 2.18. The molecule has 3 nitrogen and oxygen atoms in total. The van der Waals surface area contributed by atoms with Gasteiger partial charge in [0.15, 0.2) is 0 Å². The van der Waals surface area contributed by atoms with E-state index in [0.717, 1.165) is 30.9 Å². The number of methoxy groups -OCH3 is 1. The second-order valence-electron chi connectivity index (χ2n) is 4.45. The zero-order valence-electron chi connectivity index (χ0n) is 10.1. The molecule has 1 unspecified atom stereocenters. The van der Waals surface area contributed by atoms with Gasteiger partial charge in [-0.05, 0) is 50.2 Å². The summed E-state index contributed by atoms with van der Waals surface area (Å²) < 4.78 is 18.3. The first-order valence-corrected chi connectivity index (χ1v) is 6.03. The largest absolute Gasteiger partial charge is 0.496 e. The smallest absolute Gasteiger partial charge is 0.123 e. The molecule has 1 fully saturated rings. The topological polar surface area (TPSA) is 33.3 Å². The molecule has 4 heteroatoms. The number of halogens is 1. The number of rotatable bonds is 5. The molecule has 17 heavy (non-hydrogen) atoms. The van der Waals surface area contributed by atoms with E-state index in [0.29, 0.717) is 12.5 Å². The Kier molecular flexibility index (Phi) is 4.34. The normalized spacial score (nSPS) is 19.5. The Morgan fingerprint density at radius 2 is 2.41 bits per heavy atom. The molecule has 1 aromatic rings. The Morgan fingerprint density at radius 1 is 1.53 bits per heavy atom. The average Bonchev–Trinajstić information content (AvgIpc) is 2.82. The Hall–Kier alpha value is -1.13. The van der Waals surface area contributed by atoms with Crippen molar-refractivity contribution in [3.63, 3.8) is 0 Å². The molecular formula is C13H19FN2O. The van der Waals surface area contributed by atoms with Crippen molar-refractivity contribution >= 4 is 0 Å². The highest BCUT2D eigenvalue weighted by Crippen LogP contribution is 2.19. The molecule has 1 aromatic carbocycles. The van der Waals surface area contributed by atoms with Gasteiger partial charge in [-0.15, -0.1) is 0 Å². The van der Waals surface area contributed by atoms with Crippen LogP contribution >= 0.6 is 0 Å². The summed E-state index contributed by atoms with van der Waals surface area (Å²) in [6.07, 6.45) is 1.22. The maximum atomic E-state index is 13.1. The predicted octanol–water partition coefficient (Wildman–Crippen LogP) is 1.53. The molecule has 0 amide bonds. The molecule has 1 atom stereocenters. The quantitative estimate of drug-likeness (QED) is 0.816. The molecule has 1 heterocycles. The third-order valence-corrected chi connectivity index (χ3v) is 3.15. The van der Waals surface area contributed by atoms with E-state index in [1.165, 1.54) is 18.6 Å². The monoisotopic (exact) mass is 238 g/mol. The predicted molar refractivity (Wildman–Crippen MR) is 65.6 cm³/mol. The van der Waals surface area contributed by atoms with Gasteiger partial charge in [-0.25, -0.2) is 4.39 Å². The average molecular weight is 238 g/mol. The molecule has 1 aliphatic rings. The maximum Gasteiger partial charge on any atom is 0.123 e. The van der Waals surface area contributed by atoms with E-state index in [2.05, 4.69) is 10.6 Å². The zero-order valence-corrected chi connectivity index (χ0v) is 10.1. The summed E-state index contributed by atoms with van der Waals surface area (Å²) >= 11 is 0. The standard InChI is InChI=1S/C13H19FN2O/c1-17-13-3-2-12(14)6-11(13)9-16-8-10-4-5-15-7-10/h2-3,6,10,15-16H,4-5,7-9H2,1H3. The third kappa shape index (κ3) is 3.41. The summed E-state index contributed by atoms with van der Waals surface area (Å²) in [5.74, 6) is 1.21. The Morgan fingerprint density at radius 3 is 3.12 bits per heavy atom. The SMILES string of the molecule is COc1ccc(F)cc1CNCC1CCNC1. The van der Waals surface area contributed by atoms with Gasteiger partial charge in [-0.1, -0.05) is 0 Å². The van der Waals surface area contributed by atoms with Gasteiger partial charge in [-0.2, -0.15) is 0 Å². The van der Waals surface area contributed by atoms with Crippen LogP contribution in [0.2, 0.25) is 0 Å². The van der Waals surface area contributed by atoms with E-state index in [9.17, 15) is 4.39 Å². The lowest BCUT2D eigenvalue weighted by Gasteiger charge is -2.12. The van der Waals surface area contributed by atoms with Crippen molar-refractivity contribution in [2.45, 2.75) is 13.0 Å². The van der Waals surface area contributed by atoms with Crippen LogP contribution in [0.1, 0.15) is 12.0 Å². The molecule has 94 valence electrons. The maximum absolute atomic E-state index is 13.1. The summed E-state index contributed by atoms with van der Waals surface area (Å²) in [7, 11) is 1.61. The summed E-state index contributed by atoms with van der Waals surface area (Å²) in [6, 6.07) is 4.62. The molecular weight excluding hydrogens is 219 g/mol. The van der Waals surface area contributed by atoms with Crippen LogP contribution in [0.4, 0.5) is 4.39 Å². The second kappa shape index (κ2) is 5.98. The Labute approximate surface area is 101 Å². The van der Waals surface area contributed by atoms with E-state index in [-0.39, 0.29) is 5.82 Å². The van der Waals surface area contributed by atoms with Gasteiger partial charge in [0.25, 0.3) is 0 Å². The lowest BCUT2D eigenvalue weighted by Crippen LogP contribution is -2.24. The van der Waals surface area contributed by atoms with E-state index >= 15 is 0 Å². The number of hydrogen-bond donors (Lipinski definition) is 2. The van der Waals surface area contributed by atoms with Crippen LogP contribution in [0.3, 0.4) is 0 Å². The van der Waals surface area contributed by atoms with Crippen LogP contribution in [-0.2, 0) is 6.54 Å². The fraction of sp³-hybridized carbons (Fsp3) is 0.538. The van der Waals surface area contributed by atoms with Gasteiger partial charge >= 0.3 is 0 Å². The van der Waals surface area contributed by atoms with Gasteiger partial charge < -0.3 is 15.4 Å². The molecule has 1 aliphatic heterocycles. The molecule has 0 radical (unpaired) electrons. The van der Waals surface area contributed by atoms with Gasteiger partial charge in [0.05, 0.1) is 7.11 Å². The molecule has 2 rings (SSSR count). The first-order chi connectivity index (χ1) is 8.29. The zero-order chi connectivity index (χ0) is 12.1. The molecule has 0 aliphatic carbocycles. The number of nitrogens with one attached hydrogen (secondary N) is 2. The molecule has 0 bridgehead atoms. The fourth-order valence-electron chi connectivity index (χ4n) is 2.18. The molecule has 0 aromatic heterocycles. The van der Waals surface area contributed by atoms with E-state index in [1.807, 2.05) is 0 Å². The summed E-state index contributed by atoms with van der Waals surface area (Å²) in [4.78, 5) is 0. The van der Waals surface area contributed by atoms with Gasteiger partial charge in [-0.3, -0.25) is 0 Å². The van der Waals surface area contributed by atoms with Crippen LogP contribution in [0.15, 0.2) is 18.2 Å². The van der Waals surface area contributed by atoms with Crippen molar-refractivity contribution in [1.82, 2.24) is 10.6 Å². The molecule has 0 spiro atoms. The van der Waals surface area contributed by atoms with Gasteiger partial charge in [0.2, 0.25) is 0 Å². The first kappa shape index (κ1) is 12.3. The van der Waals surface area contributed by atoms with Crippen molar-refractivity contribution in [1.29, 1.82) is 0 Å². The van der Waals surface area contributed by atoms with Crippen molar-refractivity contribution in [3.05, 3.63) is 29.6 Å². The van der Waals surface area contributed by atoms with Crippen molar-refractivity contribution < 1.29 is 9.13 Å². The van der Waals surface area contributed by atoms with Gasteiger partial charge in [0, 0.05) is 12.1 Å². The Bertz CT molecular complexity index is 364. The summed E-state index contributed by atoms with van der Waals surface area (Å²) in [5.41, 5.74) is 0.874. The number of benzene rings is 1. The highest BCUT2D eigenvalue weighted by molar-refractivity contribution is 5.33. The van der Waals surface area contributed by atoms with E-state index < -0.39 is 0 Å². The summed E-state index contributed by atoms with van der Waals surface area (Å²) in [6.45, 7) is 3.80. The molecule has 0 saturated carbocycles. The van der Waals surface area contributed by atoms with Crippen molar-refractivity contribution in [3.8, 4) is 5.75 Å². The van der Waals surface area contributed by atoms with Crippen LogP contribution in [0.25, 0.3) is 0 Å². The van der Waals surface area contributed by atoms with Crippen LogP contribution in [0.5, 0.6) is 5.75 Å². The lowest BCUT2D eigenvalue weighted by atomic mass is 10.1. The van der Waals surface area contributed by atoms with Crippen molar-refractivity contribution in [2.24, 2.45) is 5.92 Å². The molecule has 2 N–H and O–H groups in total. The second-order valence-corrected chi connectivity index (χ2v) is 4.45. The van der Waals surface area contributed by atoms with Gasteiger partial charge in [0.1, 0.15) is 11.6 Å². The highest BCUT2D eigenvalue weighted by Gasteiger charge is 2.13. The van der Waals surface area contributed by atoms with Crippen LogP contribution in [-0.4, -0.2) is 26.7 Å². The van der Waals surface area contributed by atoms with Crippen LogP contribution < -0.4 is 15.4 Å².